The molecule has 3 rings (SSSR count). The smallest absolute Gasteiger partial charge is 0.261 e. The molecule has 0 heterocycles. The van der Waals surface area contributed by atoms with E-state index in [0.29, 0.717) is 5.69 Å². The number of rotatable bonds is 4. The zero-order valence-corrected chi connectivity index (χ0v) is 11.3. The van der Waals surface area contributed by atoms with Crippen LogP contribution in [-0.4, -0.2) is 8.42 Å². The van der Waals surface area contributed by atoms with Crippen LogP contribution in [0.2, 0.25) is 0 Å². The Morgan fingerprint density at radius 1 is 1.05 bits per heavy atom. The Balaban J connectivity index is 1.88. The summed E-state index contributed by atoms with van der Waals surface area (Å²) in [5.41, 5.74) is 4.73. The molecule has 0 amide bonds. The monoisotopic (exact) mass is 271 g/mol. The minimum Gasteiger partial charge on any atom is -0.280 e. The Morgan fingerprint density at radius 2 is 1.79 bits per heavy atom. The standard InChI is InChI=1S/C15H13NO2S/c1-2-11-3-7-15(8-4-11)19(17,18)16-14-6-5-12-9-13(12)10-14/h3-8,10,16H,2H2,1H3. The molecule has 0 spiro atoms. The first kappa shape index (κ1) is 12.0. The third-order valence-electron chi connectivity index (χ3n) is 3.12. The molecule has 4 heteroatoms. The average Bonchev–Trinajstić information content (AvgIpc) is 3.17. The number of hydrogen-bond donors (Lipinski definition) is 1. The molecule has 2 aromatic carbocycles. The van der Waals surface area contributed by atoms with E-state index in [1.807, 2.05) is 25.1 Å². The van der Waals surface area contributed by atoms with Crippen LogP contribution in [0.15, 0.2) is 47.4 Å². The Morgan fingerprint density at radius 3 is 2.42 bits per heavy atom. The van der Waals surface area contributed by atoms with E-state index in [4.69, 9.17) is 0 Å². The number of benzene rings is 2. The first-order chi connectivity index (χ1) is 9.08. The summed E-state index contributed by atoms with van der Waals surface area (Å²) < 4.78 is 27.0. The van der Waals surface area contributed by atoms with E-state index in [1.165, 1.54) is 0 Å². The number of aryl methyl sites for hydroxylation is 1. The van der Waals surface area contributed by atoms with Gasteiger partial charge in [0, 0.05) is 10.4 Å². The molecule has 1 aliphatic carbocycles. The molecule has 1 N–H and O–H groups in total. The lowest BCUT2D eigenvalue weighted by atomic mass is 10.2. The summed E-state index contributed by atoms with van der Waals surface area (Å²) in [6.07, 6.45) is 0.893. The molecule has 0 saturated carbocycles. The first-order valence-corrected chi connectivity index (χ1v) is 7.59. The lowest BCUT2D eigenvalue weighted by molar-refractivity contribution is 0.601. The molecule has 0 saturated heterocycles. The summed E-state index contributed by atoms with van der Waals surface area (Å²) >= 11 is 0. The van der Waals surface area contributed by atoms with Crippen molar-refractivity contribution in [2.24, 2.45) is 0 Å². The van der Waals surface area contributed by atoms with E-state index in [1.54, 1.807) is 24.3 Å². The minimum absolute atomic E-state index is 0.280. The number of fused-ring (bicyclic) bond motifs is 1. The zero-order valence-electron chi connectivity index (χ0n) is 10.5. The SMILES string of the molecule is CCc1ccc(S(=O)(=O)Nc2ccc3c(c2)=C=3)cc1. The molecule has 1 aliphatic rings. The van der Waals surface area contributed by atoms with Crippen molar-refractivity contribution in [2.75, 3.05) is 4.72 Å². The zero-order chi connectivity index (χ0) is 13.5. The van der Waals surface area contributed by atoms with Gasteiger partial charge in [-0.05, 0) is 42.3 Å². The van der Waals surface area contributed by atoms with Crippen LogP contribution < -0.4 is 15.2 Å². The van der Waals surface area contributed by atoms with Crippen molar-refractivity contribution in [1.82, 2.24) is 0 Å². The van der Waals surface area contributed by atoms with Crippen molar-refractivity contribution in [1.29, 1.82) is 0 Å². The Kier molecular flexibility index (Phi) is 2.70. The Hall–Kier alpha value is -2.03. The van der Waals surface area contributed by atoms with Crippen molar-refractivity contribution in [3.63, 3.8) is 0 Å². The lowest BCUT2D eigenvalue weighted by Crippen LogP contribution is -2.15. The van der Waals surface area contributed by atoms with Gasteiger partial charge in [-0.15, -0.1) is 5.73 Å². The van der Waals surface area contributed by atoms with Crippen LogP contribution in [0, 0.1) is 0 Å². The largest absolute Gasteiger partial charge is 0.280 e. The van der Waals surface area contributed by atoms with Crippen LogP contribution in [0.25, 0.3) is 5.73 Å². The van der Waals surface area contributed by atoms with Crippen molar-refractivity contribution >= 4 is 21.4 Å². The van der Waals surface area contributed by atoms with E-state index in [2.05, 4.69) is 10.5 Å². The lowest BCUT2D eigenvalue weighted by Gasteiger charge is -2.08. The number of hydrogen-bond acceptors (Lipinski definition) is 2. The minimum atomic E-state index is -3.51. The van der Waals surface area contributed by atoms with Crippen LogP contribution >= 0.6 is 0 Å². The quantitative estimate of drug-likeness (QED) is 0.773. The van der Waals surface area contributed by atoms with Gasteiger partial charge in [0.25, 0.3) is 10.0 Å². The van der Waals surface area contributed by atoms with Gasteiger partial charge in [0.15, 0.2) is 0 Å². The molecule has 0 aromatic heterocycles. The summed E-state index contributed by atoms with van der Waals surface area (Å²) in [6.45, 7) is 2.04. The maximum absolute atomic E-state index is 12.2. The predicted molar refractivity (Wildman–Crippen MR) is 74.8 cm³/mol. The molecule has 0 atom stereocenters. The van der Waals surface area contributed by atoms with Crippen LogP contribution in [0.1, 0.15) is 12.5 Å². The maximum Gasteiger partial charge on any atom is 0.261 e. The number of anilines is 1. The second kappa shape index (κ2) is 4.26. The molecule has 0 unspecified atom stereocenters. The molecular weight excluding hydrogens is 258 g/mol. The van der Waals surface area contributed by atoms with Crippen LogP contribution in [-0.2, 0) is 16.4 Å². The maximum atomic E-state index is 12.2. The second-order valence-corrected chi connectivity index (χ2v) is 6.17. The fourth-order valence-corrected chi connectivity index (χ4v) is 2.97. The fourth-order valence-electron chi connectivity index (χ4n) is 1.92. The van der Waals surface area contributed by atoms with Crippen LogP contribution in [0.3, 0.4) is 0 Å². The Bertz CT molecular complexity index is 861. The van der Waals surface area contributed by atoms with E-state index in [9.17, 15) is 8.42 Å². The van der Waals surface area contributed by atoms with Gasteiger partial charge in [-0.25, -0.2) is 8.42 Å². The van der Waals surface area contributed by atoms with E-state index >= 15 is 0 Å². The fraction of sp³-hybridized carbons (Fsp3) is 0.133. The molecular formula is C15H13NO2S. The first-order valence-electron chi connectivity index (χ1n) is 6.11. The van der Waals surface area contributed by atoms with Gasteiger partial charge in [0.2, 0.25) is 0 Å². The predicted octanol–water partition coefficient (Wildman–Crippen LogP) is 1.11. The van der Waals surface area contributed by atoms with Crippen LogP contribution in [0.4, 0.5) is 5.69 Å². The third-order valence-corrected chi connectivity index (χ3v) is 4.52. The van der Waals surface area contributed by atoms with Gasteiger partial charge in [0.05, 0.1) is 10.6 Å². The van der Waals surface area contributed by atoms with Gasteiger partial charge in [0.1, 0.15) is 0 Å². The summed E-state index contributed by atoms with van der Waals surface area (Å²) in [6, 6.07) is 12.3. The highest BCUT2D eigenvalue weighted by Gasteiger charge is 2.14. The molecule has 96 valence electrons. The van der Waals surface area contributed by atoms with Gasteiger partial charge < -0.3 is 0 Å². The van der Waals surface area contributed by atoms with Crippen molar-refractivity contribution < 1.29 is 8.42 Å². The third kappa shape index (κ3) is 2.41. The van der Waals surface area contributed by atoms with E-state index in [0.717, 1.165) is 22.4 Å². The summed E-state index contributed by atoms with van der Waals surface area (Å²) in [4.78, 5) is 0.280. The van der Waals surface area contributed by atoms with Crippen molar-refractivity contribution in [2.45, 2.75) is 18.2 Å². The summed E-state index contributed by atoms with van der Waals surface area (Å²) in [7, 11) is -3.51. The topological polar surface area (TPSA) is 46.2 Å². The number of sulfonamides is 1. The van der Waals surface area contributed by atoms with Gasteiger partial charge in [-0.1, -0.05) is 19.1 Å². The van der Waals surface area contributed by atoms with Gasteiger partial charge in [-0.2, -0.15) is 0 Å². The Labute approximate surface area is 112 Å². The normalized spacial score (nSPS) is 12.1. The molecule has 0 bridgehead atoms. The summed E-state index contributed by atoms with van der Waals surface area (Å²) in [5, 5.41) is 2.02. The van der Waals surface area contributed by atoms with Crippen molar-refractivity contribution in [3.05, 3.63) is 58.5 Å². The van der Waals surface area contributed by atoms with E-state index < -0.39 is 10.0 Å². The highest BCUT2D eigenvalue weighted by molar-refractivity contribution is 7.92. The second-order valence-electron chi connectivity index (χ2n) is 4.49. The molecule has 2 aromatic rings. The highest BCUT2D eigenvalue weighted by atomic mass is 32.2. The molecule has 0 radical (unpaired) electrons. The summed E-state index contributed by atoms with van der Waals surface area (Å²) in [5.74, 6) is 0. The highest BCUT2D eigenvalue weighted by Crippen LogP contribution is 2.15. The van der Waals surface area contributed by atoms with Crippen molar-refractivity contribution in [3.8, 4) is 0 Å². The van der Waals surface area contributed by atoms with E-state index in [-0.39, 0.29) is 4.90 Å². The molecule has 3 nitrogen and oxygen atoms in total. The molecule has 0 fully saturated rings. The molecule has 19 heavy (non-hydrogen) atoms. The number of nitrogens with one attached hydrogen (secondary N) is 1. The molecule has 0 aliphatic heterocycles. The average molecular weight is 271 g/mol. The van der Waals surface area contributed by atoms with Gasteiger partial charge >= 0.3 is 0 Å². The van der Waals surface area contributed by atoms with Gasteiger partial charge in [-0.3, -0.25) is 4.72 Å². The van der Waals surface area contributed by atoms with Crippen LogP contribution in [0.5, 0.6) is 0 Å².